The minimum Gasteiger partial charge on any atom is -0.497 e. The molecule has 0 unspecified atom stereocenters. The van der Waals surface area contributed by atoms with Crippen molar-refractivity contribution >= 4 is 17.6 Å². The molecule has 0 spiro atoms. The third-order valence-electron chi connectivity index (χ3n) is 3.38. The molecule has 0 bridgehead atoms. The van der Waals surface area contributed by atoms with E-state index >= 15 is 0 Å². The zero-order valence-corrected chi connectivity index (χ0v) is 13.8. The second-order valence-electron chi connectivity index (χ2n) is 5.01. The van der Waals surface area contributed by atoms with Gasteiger partial charge in [0.1, 0.15) is 11.5 Å². The minimum atomic E-state index is -0.537. The lowest BCUT2D eigenvalue weighted by atomic mass is 10.1. The van der Waals surface area contributed by atoms with Crippen LogP contribution in [0.4, 0.5) is 5.69 Å². The minimum absolute atomic E-state index is 0.387. The van der Waals surface area contributed by atoms with Crippen molar-refractivity contribution in [2.45, 2.75) is 6.92 Å². The van der Waals surface area contributed by atoms with Crippen LogP contribution in [-0.4, -0.2) is 32.7 Å². The molecule has 6 nitrogen and oxygen atoms in total. The zero-order chi connectivity index (χ0) is 17.5. The molecule has 0 aliphatic rings. The quantitative estimate of drug-likeness (QED) is 0.825. The van der Waals surface area contributed by atoms with Gasteiger partial charge in [-0.2, -0.15) is 0 Å². The van der Waals surface area contributed by atoms with Crippen molar-refractivity contribution in [1.29, 1.82) is 0 Å². The molecule has 1 N–H and O–H groups in total. The number of carbonyl (C=O) groups excluding carboxylic acids is 2. The Bertz CT molecular complexity index is 742. The lowest BCUT2D eigenvalue weighted by Gasteiger charge is -2.12. The highest BCUT2D eigenvalue weighted by Gasteiger charge is 2.14. The van der Waals surface area contributed by atoms with Crippen LogP contribution < -0.4 is 14.8 Å². The lowest BCUT2D eigenvalue weighted by Crippen LogP contribution is -2.21. The van der Waals surface area contributed by atoms with Crippen LogP contribution in [0, 0.1) is 6.92 Å². The molecule has 0 saturated carbocycles. The molecule has 24 heavy (non-hydrogen) atoms. The Balaban J connectivity index is 1.96. The number of benzene rings is 2. The Morgan fingerprint density at radius 2 is 1.79 bits per heavy atom. The van der Waals surface area contributed by atoms with Crippen molar-refractivity contribution < 1.29 is 23.8 Å². The second kappa shape index (κ2) is 8.01. The van der Waals surface area contributed by atoms with Crippen molar-refractivity contribution in [3.8, 4) is 11.5 Å². The molecule has 2 rings (SSSR count). The standard InChI is InChI=1S/C18H19NO5/c1-12-6-4-5-7-14(12)18(21)24-11-17(20)19-15-9-8-13(22-2)10-16(15)23-3/h4-10H,11H2,1-3H3,(H,19,20). The van der Waals surface area contributed by atoms with E-state index in [-0.39, 0.29) is 6.61 Å². The Hall–Kier alpha value is -3.02. The van der Waals surface area contributed by atoms with Gasteiger partial charge in [-0.05, 0) is 30.7 Å². The van der Waals surface area contributed by atoms with Gasteiger partial charge in [0.15, 0.2) is 6.61 Å². The van der Waals surface area contributed by atoms with Crippen LogP contribution in [0.3, 0.4) is 0 Å². The normalized spacial score (nSPS) is 9.96. The third-order valence-corrected chi connectivity index (χ3v) is 3.38. The van der Waals surface area contributed by atoms with Gasteiger partial charge >= 0.3 is 5.97 Å². The molecular formula is C18H19NO5. The molecule has 0 aliphatic carbocycles. The Kier molecular flexibility index (Phi) is 5.78. The molecule has 1 amide bonds. The summed E-state index contributed by atoms with van der Waals surface area (Å²) in [5.74, 6) is 0.0640. The number of methoxy groups -OCH3 is 2. The van der Waals surface area contributed by atoms with Gasteiger partial charge in [0.25, 0.3) is 5.91 Å². The fraction of sp³-hybridized carbons (Fsp3) is 0.222. The van der Waals surface area contributed by atoms with E-state index in [0.29, 0.717) is 22.7 Å². The van der Waals surface area contributed by atoms with Crippen LogP contribution in [0.5, 0.6) is 11.5 Å². The first-order valence-corrected chi connectivity index (χ1v) is 7.29. The SMILES string of the molecule is COc1ccc(NC(=O)COC(=O)c2ccccc2C)c(OC)c1. The Morgan fingerprint density at radius 3 is 2.46 bits per heavy atom. The van der Waals surface area contributed by atoms with Crippen LogP contribution >= 0.6 is 0 Å². The number of nitrogens with one attached hydrogen (secondary N) is 1. The number of esters is 1. The van der Waals surface area contributed by atoms with Gasteiger partial charge in [-0.1, -0.05) is 18.2 Å². The van der Waals surface area contributed by atoms with Crippen molar-refractivity contribution in [3.05, 3.63) is 53.6 Å². The number of aryl methyl sites for hydroxylation is 1. The number of rotatable bonds is 6. The molecule has 0 fully saturated rings. The topological polar surface area (TPSA) is 73.9 Å². The summed E-state index contributed by atoms with van der Waals surface area (Å²) < 4.78 is 15.3. The predicted octanol–water partition coefficient (Wildman–Crippen LogP) is 2.81. The molecule has 2 aromatic carbocycles. The molecule has 0 aliphatic heterocycles. The Morgan fingerprint density at radius 1 is 1.04 bits per heavy atom. The first-order valence-electron chi connectivity index (χ1n) is 7.29. The van der Waals surface area contributed by atoms with E-state index in [9.17, 15) is 9.59 Å². The zero-order valence-electron chi connectivity index (χ0n) is 13.8. The van der Waals surface area contributed by atoms with Gasteiger partial charge in [0.2, 0.25) is 0 Å². The fourth-order valence-corrected chi connectivity index (χ4v) is 2.10. The molecule has 0 radical (unpaired) electrons. The third kappa shape index (κ3) is 4.25. The van der Waals surface area contributed by atoms with Crippen molar-refractivity contribution in [2.24, 2.45) is 0 Å². The van der Waals surface area contributed by atoms with Gasteiger partial charge in [-0.25, -0.2) is 4.79 Å². The number of hydrogen-bond acceptors (Lipinski definition) is 5. The van der Waals surface area contributed by atoms with E-state index in [0.717, 1.165) is 5.56 Å². The molecular weight excluding hydrogens is 310 g/mol. The maximum Gasteiger partial charge on any atom is 0.338 e. The molecule has 2 aromatic rings. The van der Waals surface area contributed by atoms with Crippen molar-refractivity contribution in [1.82, 2.24) is 0 Å². The molecule has 6 heteroatoms. The monoisotopic (exact) mass is 329 g/mol. The predicted molar refractivity (Wildman–Crippen MR) is 89.6 cm³/mol. The molecule has 0 aromatic heterocycles. The molecule has 0 atom stereocenters. The van der Waals surface area contributed by atoms with E-state index in [1.165, 1.54) is 14.2 Å². The number of ether oxygens (including phenoxy) is 3. The Labute approximate surface area is 140 Å². The summed E-state index contributed by atoms with van der Waals surface area (Å²) >= 11 is 0. The highest BCUT2D eigenvalue weighted by molar-refractivity contribution is 5.96. The maximum atomic E-state index is 12.0. The number of amides is 1. The van der Waals surface area contributed by atoms with Gasteiger partial charge in [-0.3, -0.25) is 4.79 Å². The summed E-state index contributed by atoms with van der Waals surface area (Å²) in [6.07, 6.45) is 0. The average Bonchev–Trinajstić information content (AvgIpc) is 2.60. The van der Waals surface area contributed by atoms with E-state index < -0.39 is 11.9 Å². The van der Waals surface area contributed by atoms with Crippen LogP contribution in [0.2, 0.25) is 0 Å². The molecule has 0 heterocycles. The van der Waals surface area contributed by atoms with E-state index in [4.69, 9.17) is 14.2 Å². The van der Waals surface area contributed by atoms with Crippen LogP contribution in [0.1, 0.15) is 15.9 Å². The van der Waals surface area contributed by atoms with Gasteiger partial charge < -0.3 is 19.5 Å². The maximum absolute atomic E-state index is 12.0. The average molecular weight is 329 g/mol. The summed E-state index contributed by atoms with van der Waals surface area (Å²) in [7, 11) is 3.03. The first-order chi connectivity index (χ1) is 11.5. The second-order valence-corrected chi connectivity index (χ2v) is 5.01. The van der Waals surface area contributed by atoms with Gasteiger partial charge in [-0.15, -0.1) is 0 Å². The number of carbonyl (C=O) groups is 2. The van der Waals surface area contributed by atoms with Crippen molar-refractivity contribution in [2.75, 3.05) is 26.1 Å². The first kappa shape index (κ1) is 17.3. The van der Waals surface area contributed by atoms with Crippen molar-refractivity contribution in [3.63, 3.8) is 0 Å². The summed E-state index contributed by atoms with van der Waals surface area (Å²) in [4.78, 5) is 24.0. The summed E-state index contributed by atoms with van der Waals surface area (Å²) in [6, 6.07) is 12.0. The fourth-order valence-electron chi connectivity index (χ4n) is 2.10. The highest BCUT2D eigenvalue weighted by atomic mass is 16.5. The number of anilines is 1. The summed E-state index contributed by atoms with van der Waals surface area (Å²) in [6.45, 7) is 1.42. The van der Waals surface area contributed by atoms with E-state index in [1.807, 2.05) is 6.07 Å². The lowest BCUT2D eigenvalue weighted by molar-refractivity contribution is -0.119. The van der Waals surface area contributed by atoms with Crippen LogP contribution in [-0.2, 0) is 9.53 Å². The smallest absolute Gasteiger partial charge is 0.338 e. The number of hydrogen-bond donors (Lipinski definition) is 1. The molecule has 126 valence electrons. The van der Waals surface area contributed by atoms with Gasteiger partial charge in [0, 0.05) is 6.07 Å². The largest absolute Gasteiger partial charge is 0.497 e. The van der Waals surface area contributed by atoms with E-state index in [1.54, 1.807) is 43.3 Å². The van der Waals surface area contributed by atoms with E-state index in [2.05, 4.69) is 5.32 Å². The van der Waals surface area contributed by atoms with Gasteiger partial charge in [0.05, 0.1) is 25.5 Å². The van der Waals surface area contributed by atoms with Crippen LogP contribution in [0.15, 0.2) is 42.5 Å². The molecule has 0 saturated heterocycles. The summed E-state index contributed by atoms with van der Waals surface area (Å²) in [5.41, 5.74) is 1.70. The van der Waals surface area contributed by atoms with Crippen LogP contribution in [0.25, 0.3) is 0 Å². The summed E-state index contributed by atoms with van der Waals surface area (Å²) in [5, 5.41) is 2.64. The highest BCUT2D eigenvalue weighted by Crippen LogP contribution is 2.28.